The van der Waals surface area contributed by atoms with Gasteiger partial charge < -0.3 is 14.6 Å². The normalized spacial score (nSPS) is 30.4. The predicted octanol–water partition coefficient (Wildman–Crippen LogP) is 0.549. The second kappa shape index (κ2) is 4.61. The van der Waals surface area contributed by atoms with Crippen LogP contribution in [-0.2, 0) is 5.60 Å². The lowest BCUT2D eigenvalue weighted by Gasteiger charge is -2.29. The van der Waals surface area contributed by atoms with Gasteiger partial charge in [0.15, 0.2) is 0 Å². The predicted molar refractivity (Wildman–Crippen MR) is 68.2 cm³/mol. The summed E-state index contributed by atoms with van der Waals surface area (Å²) in [5.74, 6) is 0.751. The first-order valence-corrected chi connectivity index (χ1v) is 6.61. The zero-order valence-corrected chi connectivity index (χ0v) is 11.3. The topological polar surface area (TPSA) is 67.7 Å². The number of hydrogen-bond donors (Lipinski definition) is 1. The molecule has 6 nitrogen and oxygen atoms in total. The smallest absolute Gasteiger partial charge is 0.241 e. The maximum absolute atomic E-state index is 11.0. The van der Waals surface area contributed by atoms with Gasteiger partial charge in [-0.3, -0.25) is 4.90 Å². The summed E-state index contributed by atoms with van der Waals surface area (Å²) < 4.78 is 10.3. The van der Waals surface area contributed by atoms with E-state index in [0.717, 1.165) is 25.9 Å². The van der Waals surface area contributed by atoms with Gasteiger partial charge in [-0.15, -0.1) is 0 Å². The molecule has 0 radical (unpaired) electrons. The van der Waals surface area contributed by atoms with E-state index in [4.69, 9.17) is 9.47 Å². The van der Waals surface area contributed by atoms with Crippen molar-refractivity contribution in [1.82, 2.24) is 14.9 Å². The van der Waals surface area contributed by atoms with E-state index in [2.05, 4.69) is 14.9 Å². The Labute approximate surface area is 112 Å². The first-order chi connectivity index (χ1) is 9.19. The number of aliphatic hydroxyl groups is 1. The molecule has 1 aromatic rings. The molecule has 0 spiro atoms. The van der Waals surface area contributed by atoms with E-state index in [1.165, 1.54) is 20.4 Å². The van der Waals surface area contributed by atoms with Crippen molar-refractivity contribution in [2.24, 2.45) is 0 Å². The molecule has 3 rings (SSSR count). The van der Waals surface area contributed by atoms with Crippen molar-refractivity contribution in [3.8, 4) is 11.8 Å². The highest BCUT2D eigenvalue weighted by Crippen LogP contribution is 2.44. The number of methoxy groups -OCH3 is 2. The molecule has 0 aromatic carbocycles. The molecule has 0 bridgehead atoms. The largest absolute Gasteiger partial charge is 0.480 e. The highest BCUT2D eigenvalue weighted by Gasteiger charge is 2.51. The van der Waals surface area contributed by atoms with Crippen LogP contribution >= 0.6 is 0 Å². The standard InChI is InChI=1S/C13H19N3O3/c1-18-10-8-14-11(12(15-10)19-2)13(17)5-7-16-6-3-4-9(13)16/h8-9,17H,3-7H2,1-2H3. The van der Waals surface area contributed by atoms with Gasteiger partial charge in [0, 0.05) is 12.6 Å². The second-order valence-electron chi connectivity index (χ2n) is 5.14. The summed E-state index contributed by atoms with van der Waals surface area (Å²) in [4.78, 5) is 10.9. The Balaban J connectivity index is 2.01. The lowest BCUT2D eigenvalue weighted by molar-refractivity contribution is 0.00247. The summed E-state index contributed by atoms with van der Waals surface area (Å²) in [5.41, 5.74) is -0.425. The van der Waals surface area contributed by atoms with Gasteiger partial charge in [0.25, 0.3) is 0 Å². The molecular weight excluding hydrogens is 246 g/mol. The van der Waals surface area contributed by atoms with Crippen LogP contribution in [0.5, 0.6) is 11.8 Å². The molecule has 2 saturated heterocycles. The molecule has 2 unspecified atom stereocenters. The molecule has 2 fully saturated rings. The monoisotopic (exact) mass is 265 g/mol. The number of rotatable bonds is 3. The van der Waals surface area contributed by atoms with E-state index in [1.54, 1.807) is 0 Å². The minimum atomic E-state index is -0.957. The molecule has 0 amide bonds. The zero-order valence-electron chi connectivity index (χ0n) is 11.3. The van der Waals surface area contributed by atoms with Crippen LogP contribution in [0.1, 0.15) is 25.0 Å². The average molecular weight is 265 g/mol. The van der Waals surface area contributed by atoms with Gasteiger partial charge in [-0.05, 0) is 25.8 Å². The van der Waals surface area contributed by atoms with Crippen molar-refractivity contribution in [2.75, 3.05) is 27.3 Å². The summed E-state index contributed by atoms with van der Waals surface area (Å²) in [6.07, 6.45) is 4.33. The van der Waals surface area contributed by atoms with Crippen LogP contribution in [0.4, 0.5) is 0 Å². The number of hydrogen-bond acceptors (Lipinski definition) is 6. The Morgan fingerprint density at radius 3 is 2.95 bits per heavy atom. The van der Waals surface area contributed by atoms with Gasteiger partial charge in [-0.2, -0.15) is 4.98 Å². The van der Waals surface area contributed by atoms with Crippen LogP contribution in [0.2, 0.25) is 0 Å². The Morgan fingerprint density at radius 1 is 1.37 bits per heavy atom. The van der Waals surface area contributed by atoms with Crippen LogP contribution < -0.4 is 9.47 Å². The number of ether oxygens (including phenoxy) is 2. The number of fused-ring (bicyclic) bond motifs is 1. The fourth-order valence-corrected chi connectivity index (χ4v) is 3.29. The van der Waals surface area contributed by atoms with E-state index in [1.807, 2.05) is 0 Å². The summed E-state index contributed by atoms with van der Waals surface area (Å²) in [6, 6.07) is 0.129. The molecule has 104 valence electrons. The molecule has 0 saturated carbocycles. The molecular formula is C13H19N3O3. The van der Waals surface area contributed by atoms with Crippen LogP contribution in [0.3, 0.4) is 0 Å². The third kappa shape index (κ3) is 1.86. The third-order valence-corrected chi connectivity index (χ3v) is 4.23. The minimum absolute atomic E-state index is 0.129. The first-order valence-electron chi connectivity index (χ1n) is 6.61. The molecule has 19 heavy (non-hydrogen) atoms. The lowest BCUT2D eigenvalue weighted by Crippen LogP contribution is -2.39. The van der Waals surface area contributed by atoms with Gasteiger partial charge in [0.2, 0.25) is 11.8 Å². The Hall–Kier alpha value is -1.40. The highest BCUT2D eigenvalue weighted by molar-refractivity contribution is 5.31. The maximum Gasteiger partial charge on any atom is 0.241 e. The van der Waals surface area contributed by atoms with E-state index >= 15 is 0 Å². The number of aromatic nitrogens is 2. The third-order valence-electron chi connectivity index (χ3n) is 4.23. The van der Waals surface area contributed by atoms with E-state index < -0.39 is 5.60 Å². The van der Waals surface area contributed by atoms with Crippen molar-refractivity contribution in [3.05, 3.63) is 11.9 Å². The van der Waals surface area contributed by atoms with Crippen LogP contribution in [0, 0.1) is 0 Å². The molecule has 1 aromatic heterocycles. The molecule has 2 atom stereocenters. The van der Waals surface area contributed by atoms with Gasteiger partial charge in [0.05, 0.1) is 20.4 Å². The van der Waals surface area contributed by atoms with Gasteiger partial charge in [0.1, 0.15) is 11.3 Å². The molecule has 6 heteroatoms. The van der Waals surface area contributed by atoms with Crippen molar-refractivity contribution in [3.63, 3.8) is 0 Å². The fraction of sp³-hybridized carbons (Fsp3) is 0.692. The average Bonchev–Trinajstić information content (AvgIpc) is 3.03. The van der Waals surface area contributed by atoms with Crippen LogP contribution in [0.15, 0.2) is 6.20 Å². The van der Waals surface area contributed by atoms with E-state index in [9.17, 15) is 5.11 Å². The van der Waals surface area contributed by atoms with Gasteiger partial charge in [-0.25, -0.2) is 4.98 Å². The lowest BCUT2D eigenvalue weighted by atomic mass is 9.89. The van der Waals surface area contributed by atoms with Crippen LogP contribution in [0.25, 0.3) is 0 Å². The Bertz CT molecular complexity index is 482. The fourth-order valence-electron chi connectivity index (χ4n) is 3.29. The Kier molecular flexibility index (Phi) is 3.06. The zero-order chi connectivity index (χ0) is 13.5. The molecule has 2 aliphatic rings. The van der Waals surface area contributed by atoms with Crippen LogP contribution in [-0.4, -0.2) is 53.3 Å². The summed E-state index contributed by atoms with van der Waals surface area (Å²) in [7, 11) is 3.07. The molecule has 2 aliphatic heterocycles. The van der Waals surface area contributed by atoms with Crippen molar-refractivity contribution in [2.45, 2.75) is 30.9 Å². The van der Waals surface area contributed by atoms with Gasteiger partial charge >= 0.3 is 0 Å². The minimum Gasteiger partial charge on any atom is -0.480 e. The SMILES string of the molecule is COc1cnc(C2(O)CCN3CCCC32)c(OC)n1. The first kappa shape index (κ1) is 12.6. The second-order valence-corrected chi connectivity index (χ2v) is 5.14. The summed E-state index contributed by atoms with van der Waals surface area (Å²) >= 11 is 0. The van der Waals surface area contributed by atoms with E-state index in [0.29, 0.717) is 23.9 Å². The summed E-state index contributed by atoms with van der Waals surface area (Å²) in [5, 5.41) is 11.0. The number of nitrogens with zero attached hydrogens (tertiary/aromatic N) is 3. The van der Waals surface area contributed by atoms with Crippen molar-refractivity contribution >= 4 is 0 Å². The van der Waals surface area contributed by atoms with Crippen molar-refractivity contribution < 1.29 is 14.6 Å². The summed E-state index contributed by atoms with van der Waals surface area (Å²) in [6.45, 7) is 1.96. The van der Waals surface area contributed by atoms with Gasteiger partial charge in [-0.1, -0.05) is 0 Å². The van der Waals surface area contributed by atoms with Crippen molar-refractivity contribution in [1.29, 1.82) is 0 Å². The molecule has 0 aliphatic carbocycles. The highest BCUT2D eigenvalue weighted by atomic mass is 16.5. The maximum atomic E-state index is 11.0. The molecule has 1 N–H and O–H groups in total. The molecule has 3 heterocycles. The Morgan fingerprint density at radius 2 is 2.21 bits per heavy atom. The quantitative estimate of drug-likeness (QED) is 0.861. The van der Waals surface area contributed by atoms with E-state index in [-0.39, 0.29) is 6.04 Å².